The zero-order valence-corrected chi connectivity index (χ0v) is 23.3. The highest BCUT2D eigenvalue weighted by Crippen LogP contribution is 2.41. The highest BCUT2D eigenvalue weighted by atomic mass is 19.1. The molecule has 1 saturated heterocycles. The number of hydrogen-bond donors (Lipinski definition) is 3. The van der Waals surface area contributed by atoms with Crippen molar-refractivity contribution in [2.24, 2.45) is 11.7 Å². The summed E-state index contributed by atoms with van der Waals surface area (Å²) < 4.78 is 48.3. The predicted octanol–water partition coefficient (Wildman–Crippen LogP) is 4.42. The maximum atomic E-state index is 15.9. The highest BCUT2D eigenvalue weighted by Gasteiger charge is 2.33. The zero-order valence-electron chi connectivity index (χ0n) is 23.3. The van der Waals surface area contributed by atoms with Crippen LogP contribution in [-0.2, 0) is 9.53 Å². The van der Waals surface area contributed by atoms with E-state index in [1.54, 1.807) is 27.1 Å². The number of amidine groups is 1. The summed E-state index contributed by atoms with van der Waals surface area (Å²) in [7, 11) is 3.16. The molecule has 0 unspecified atom stereocenters. The second kappa shape index (κ2) is 12.7. The van der Waals surface area contributed by atoms with Gasteiger partial charge in [-0.15, -0.1) is 0 Å². The molecule has 0 bridgehead atoms. The number of carbonyl (C=O) groups is 2. The van der Waals surface area contributed by atoms with E-state index < -0.39 is 40.7 Å². The third kappa shape index (κ3) is 6.51. The number of nitrogens with zero attached hydrogens (tertiary/aromatic N) is 3. The van der Waals surface area contributed by atoms with Crippen LogP contribution < -0.4 is 20.1 Å². The molecule has 3 aromatic rings. The van der Waals surface area contributed by atoms with E-state index in [1.165, 1.54) is 46.2 Å². The van der Waals surface area contributed by atoms with Crippen LogP contribution in [0.15, 0.2) is 42.5 Å². The van der Waals surface area contributed by atoms with Gasteiger partial charge in [0.25, 0.3) is 17.7 Å². The fourth-order valence-corrected chi connectivity index (χ4v) is 4.43. The molecule has 1 aromatic heterocycles. The smallest absolute Gasteiger partial charge is 0.309 e. The molecule has 13 heteroatoms. The van der Waals surface area contributed by atoms with Crippen LogP contribution in [0.4, 0.5) is 14.5 Å². The largest absolute Gasteiger partial charge is 0.504 e. The molecule has 4 N–H and O–H groups in total. The fourth-order valence-electron chi connectivity index (χ4n) is 4.43. The third-order valence-corrected chi connectivity index (χ3v) is 6.60. The number of nitrogens with one attached hydrogen (secondary N) is 1. The van der Waals surface area contributed by atoms with Crippen molar-refractivity contribution in [1.82, 2.24) is 9.88 Å². The first-order chi connectivity index (χ1) is 20.0. The second-order valence-corrected chi connectivity index (χ2v) is 9.74. The van der Waals surface area contributed by atoms with Crippen LogP contribution in [0, 0.1) is 23.0 Å². The van der Waals surface area contributed by atoms with Crippen LogP contribution in [-0.4, -0.2) is 66.5 Å². The van der Waals surface area contributed by atoms with Gasteiger partial charge in [-0.25, -0.2) is 0 Å². The monoisotopic (exact) mass is 583 g/mol. The van der Waals surface area contributed by atoms with Gasteiger partial charge in [0, 0.05) is 38.3 Å². The lowest BCUT2D eigenvalue weighted by molar-refractivity contribution is -0.148. The Morgan fingerprint density at radius 2 is 1.74 bits per heavy atom. The highest BCUT2D eigenvalue weighted by molar-refractivity contribution is 5.95. The first kappa shape index (κ1) is 30.0. The van der Waals surface area contributed by atoms with Gasteiger partial charge < -0.3 is 34.9 Å². The number of nitrogen functional groups attached to an aromatic ring is 1. The Labute approximate surface area is 240 Å². The quantitative estimate of drug-likeness (QED) is 0.189. The van der Waals surface area contributed by atoms with Crippen LogP contribution in [0.1, 0.15) is 35.7 Å². The van der Waals surface area contributed by atoms with Crippen LogP contribution in [0.3, 0.4) is 0 Å². The minimum Gasteiger partial charge on any atom is -0.504 e. The molecule has 2 heterocycles. The van der Waals surface area contributed by atoms with E-state index in [9.17, 15) is 14.7 Å². The second-order valence-electron chi connectivity index (χ2n) is 9.74. The van der Waals surface area contributed by atoms with E-state index in [1.807, 2.05) is 0 Å². The minimum absolute atomic E-state index is 0.0556. The number of pyridine rings is 1. The number of piperidine rings is 1. The Morgan fingerprint density at radius 1 is 1.07 bits per heavy atom. The molecule has 0 atom stereocenters. The standard InChI is InChI=1S/C29H31F2N5O6/c1-4-40-29(39)16-10-12-36(13-11-16)24-22(30)26(41-19-7-5-6-18(14-19)28(38)35(2)3)34-27(23(24)31)42-21-15-17(25(32)33)8-9-20(21)37/h5-9,14-16,37H,4,10-13H2,1-3H3,(H3,32,33). The number of halogens is 2. The van der Waals surface area contributed by atoms with Gasteiger partial charge in [0.2, 0.25) is 11.6 Å². The number of rotatable bonds is 9. The molecule has 11 nitrogen and oxygen atoms in total. The lowest BCUT2D eigenvalue weighted by atomic mass is 9.96. The normalized spacial score (nSPS) is 13.4. The molecule has 1 amide bonds. The van der Waals surface area contributed by atoms with Gasteiger partial charge in [0.1, 0.15) is 17.3 Å². The van der Waals surface area contributed by atoms with Crippen molar-refractivity contribution in [2.45, 2.75) is 19.8 Å². The summed E-state index contributed by atoms with van der Waals surface area (Å²) >= 11 is 0. The lowest BCUT2D eigenvalue weighted by Gasteiger charge is -2.33. The van der Waals surface area contributed by atoms with Crippen LogP contribution in [0.25, 0.3) is 0 Å². The van der Waals surface area contributed by atoms with Crippen molar-refractivity contribution in [3.63, 3.8) is 0 Å². The van der Waals surface area contributed by atoms with Crippen molar-refractivity contribution < 1.29 is 37.7 Å². The lowest BCUT2D eigenvalue weighted by Crippen LogP contribution is -2.38. The summed E-state index contributed by atoms with van der Waals surface area (Å²) in [6.07, 6.45) is 0.588. The Hall–Kier alpha value is -4.94. The summed E-state index contributed by atoms with van der Waals surface area (Å²) in [5, 5.41) is 18.0. The fraction of sp³-hybridized carbons (Fsp3) is 0.310. The Bertz CT molecular complexity index is 1510. The van der Waals surface area contributed by atoms with E-state index >= 15 is 8.78 Å². The molecule has 4 rings (SSSR count). The average molecular weight is 584 g/mol. The molecular formula is C29H31F2N5O6. The van der Waals surface area contributed by atoms with Gasteiger partial charge in [-0.1, -0.05) is 6.07 Å². The molecule has 222 valence electrons. The Morgan fingerprint density at radius 3 is 2.36 bits per heavy atom. The number of ether oxygens (including phenoxy) is 3. The van der Waals surface area contributed by atoms with E-state index in [4.69, 9.17) is 25.4 Å². The molecular weight excluding hydrogens is 552 g/mol. The number of phenolic OH excluding ortho intramolecular Hbond substituents is 1. The number of hydrogen-bond acceptors (Lipinski definition) is 9. The van der Waals surface area contributed by atoms with E-state index in [2.05, 4.69) is 4.98 Å². The molecule has 0 radical (unpaired) electrons. The van der Waals surface area contributed by atoms with E-state index in [-0.39, 0.29) is 60.0 Å². The number of nitrogens with two attached hydrogens (primary N) is 1. The van der Waals surface area contributed by atoms with Gasteiger partial charge >= 0.3 is 5.97 Å². The third-order valence-electron chi connectivity index (χ3n) is 6.60. The number of anilines is 1. The van der Waals surface area contributed by atoms with Crippen LogP contribution in [0.5, 0.6) is 29.0 Å². The average Bonchev–Trinajstić information content (AvgIpc) is 2.96. The van der Waals surface area contributed by atoms with Crippen molar-refractivity contribution in [3.05, 3.63) is 65.2 Å². The number of aromatic nitrogens is 1. The van der Waals surface area contributed by atoms with Gasteiger partial charge in [-0.3, -0.25) is 15.0 Å². The zero-order chi connectivity index (χ0) is 30.6. The molecule has 1 aliphatic heterocycles. The number of aromatic hydroxyl groups is 1. The first-order valence-corrected chi connectivity index (χ1v) is 13.2. The molecule has 0 aliphatic carbocycles. The number of benzene rings is 2. The Balaban J connectivity index is 1.75. The van der Waals surface area contributed by atoms with Crippen LogP contribution >= 0.6 is 0 Å². The summed E-state index contributed by atoms with van der Waals surface area (Å²) in [5.41, 5.74) is 5.48. The predicted molar refractivity (Wildman–Crippen MR) is 149 cm³/mol. The SMILES string of the molecule is CCOC(=O)C1CCN(c2c(F)c(Oc3cccc(C(=O)N(C)C)c3)nc(Oc3cc(C(=N)N)ccc3O)c2F)CC1. The van der Waals surface area contributed by atoms with Crippen LogP contribution in [0.2, 0.25) is 0 Å². The molecule has 0 spiro atoms. The van der Waals surface area contributed by atoms with E-state index in [0.29, 0.717) is 12.8 Å². The van der Waals surface area contributed by atoms with Gasteiger partial charge in [-0.2, -0.15) is 13.8 Å². The molecule has 1 fully saturated rings. The summed E-state index contributed by atoms with van der Waals surface area (Å²) in [6.45, 7) is 2.18. The minimum atomic E-state index is -1.17. The molecule has 42 heavy (non-hydrogen) atoms. The van der Waals surface area contributed by atoms with Gasteiger partial charge in [0.15, 0.2) is 11.5 Å². The van der Waals surface area contributed by atoms with Gasteiger partial charge in [-0.05, 0) is 56.2 Å². The van der Waals surface area contributed by atoms with Crippen molar-refractivity contribution in [3.8, 4) is 29.0 Å². The summed E-state index contributed by atoms with van der Waals surface area (Å²) in [5.74, 6) is -5.71. The van der Waals surface area contributed by atoms with Crippen molar-refractivity contribution >= 4 is 23.4 Å². The Kier molecular flexibility index (Phi) is 9.09. The number of esters is 1. The number of amides is 1. The molecule has 0 saturated carbocycles. The number of carbonyl (C=O) groups excluding carboxylic acids is 2. The van der Waals surface area contributed by atoms with Crippen molar-refractivity contribution in [1.29, 1.82) is 5.41 Å². The van der Waals surface area contributed by atoms with Crippen molar-refractivity contribution in [2.75, 3.05) is 38.7 Å². The number of phenols is 1. The molecule has 2 aromatic carbocycles. The van der Waals surface area contributed by atoms with Gasteiger partial charge in [0.05, 0.1) is 12.5 Å². The maximum Gasteiger partial charge on any atom is 0.309 e. The summed E-state index contributed by atoms with van der Waals surface area (Å²) in [6, 6.07) is 9.75. The topological polar surface area (TPSA) is 151 Å². The molecule has 1 aliphatic rings. The van der Waals surface area contributed by atoms with E-state index in [0.717, 1.165) is 0 Å². The maximum absolute atomic E-state index is 15.9. The summed E-state index contributed by atoms with van der Waals surface area (Å²) in [4.78, 5) is 31.3. The first-order valence-electron chi connectivity index (χ1n) is 13.2.